The van der Waals surface area contributed by atoms with E-state index in [-0.39, 0.29) is 0 Å². The average molecular weight is 715 g/mol. The predicted molar refractivity (Wildman–Crippen MR) is 232 cm³/mol. The van der Waals surface area contributed by atoms with E-state index in [1.165, 1.54) is 54.7 Å². The SMILES string of the molecule is c1ccc(-c2ccc(-c3cc(-c4cccc(-n5c6ccccc6c6ccccc65)c4)nc(-c4cccc(-n5c6ccccc6c6ccccc65)c4)n3)cc2)cc1. The molecule has 0 saturated heterocycles. The lowest BCUT2D eigenvalue weighted by molar-refractivity contribution is 1.15. The van der Waals surface area contributed by atoms with Crippen LogP contribution in [0.4, 0.5) is 0 Å². The smallest absolute Gasteiger partial charge is 0.160 e. The molecule has 0 spiro atoms. The summed E-state index contributed by atoms with van der Waals surface area (Å²) in [6, 6.07) is 73.1. The minimum Gasteiger partial charge on any atom is -0.309 e. The van der Waals surface area contributed by atoms with Gasteiger partial charge in [-0.3, -0.25) is 0 Å². The normalized spacial score (nSPS) is 11.6. The quantitative estimate of drug-likeness (QED) is 0.172. The molecule has 262 valence electrons. The number of benzene rings is 8. The van der Waals surface area contributed by atoms with E-state index in [1.807, 2.05) is 6.07 Å². The van der Waals surface area contributed by atoms with Gasteiger partial charge in [-0.1, -0.05) is 152 Å². The largest absolute Gasteiger partial charge is 0.309 e. The second-order valence-electron chi connectivity index (χ2n) is 14.2. The first kappa shape index (κ1) is 31.9. The fraction of sp³-hybridized carbons (Fsp3) is 0. The minimum absolute atomic E-state index is 0.675. The van der Waals surface area contributed by atoms with E-state index in [2.05, 4.69) is 209 Å². The molecule has 0 N–H and O–H groups in total. The molecule has 11 aromatic rings. The van der Waals surface area contributed by atoms with E-state index in [9.17, 15) is 0 Å². The highest BCUT2D eigenvalue weighted by Gasteiger charge is 2.17. The van der Waals surface area contributed by atoms with Gasteiger partial charge in [0.15, 0.2) is 5.82 Å². The maximum atomic E-state index is 5.33. The fourth-order valence-corrected chi connectivity index (χ4v) is 8.33. The lowest BCUT2D eigenvalue weighted by Crippen LogP contribution is -1.99. The molecule has 56 heavy (non-hydrogen) atoms. The summed E-state index contributed by atoms with van der Waals surface area (Å²) in [4.78, 5) is 10.6. The molecule has 0 saturated carbocycles. The topological polar surface area (TPSA) is 35.6 Å². The van der Waals surface area contributed by atoms with Crippen LogP contribution in [0.1, 0.15) is 0 Å². The molecule has 0 unspecified atom stereocenters. The monoisotopic (exact) mass is 714 g/mol. The van der Waals surface area contributed by atoms with Crippen molar-refractivity contribution in [3.8, 4) is 56.4 Å². The zero-order valence-corrected chi connectivity index (χ0v) is 30.4. The molecular formula is C52H34N4. The van der Waals surface area contributed by atoms with Gasteiger partial charge >= 0.3 is 0 Å². The van der Waals surface area contributed by atoms with Crippen LogP contribution in [0.2, 0.25) is 0 Å². The number of fused-ring (bicyclic) bond motifs is 6. The number of hydrogen-bond acceptors (Lipinski definition) is 2. The Labute approximate surface area is 324 Å². The van der Waals surface area contributed by atoms with Crippen LogP contribution < -0.4 is 0 Å². The lowest BCUT2D eigenvalue weighted by Gasteiger charge is -2.13. The van der Waals surface area contributed by atoms with Gasteiger partial charge in [0.25, 0.3) is 0 Å². The molecule has 3 aromatic heterocycles. The number of nitrogens with zero attached hydrogens (tertiary/aromatic N) is 4. The van der Waals surface area contributed by atoms with Gasteiger partial charge in [0.1, 0.15) is 0 Å². The molecule has 0 aliphatic heterocycles. The van der Waals surface area contributed by atoms with Gasteiger partial charge in [-0.25, -0.2) is 9.97 Å². The van der Waals surface area contributed by atoms with Crippen LogP contribution in [-0.4, -0.2) is 19.1 Å². The number of hydrogen-bond donors (Lipinski definition) is 0. The number of rotatable bonds is 6. The van der Waals surface area contributed by atoms with Crippen molar-refractivity contribution in [3.63, 3.8) is 0 Å². The van der Waals surface area contributed by atoms with Gasteiger partial charge in [-0.15, -0.1) is 0 Å². The van der Waals surface area contributed by atoms with Gasteiger partial charge in [0, 0.05) is 49.6 Å². The maximum Gasteiger partial charge on any atom is 0.160 e. The second-order valence-corrected chi connectivity index (χ2v) is 14.2. The highest BCUT2D eigenvalue weighted by Crippen LogP contribution is 2.36. The van der Waals surface area contributed by atoms with Gasteiger partial charge in [0.2, 0.25) is 0 Å². The third-order valence-corrected chi connectivity index (χ3v) is 10.9. The summed E-state index contributed by atoms with van der Waals surface area (Å²) in [6.07, 6.45) is 0. The Kier molecular flexibility index (Phi) is 7.46. The molecule has 11 rings (SSSR count). The Morgan fingerprint density at radius 3 is 1.16 bits per heavy atom. The lowest BCUT2D eigenvalue weighted by atomic mass is 10.0. The Morgan fingerprint density at radius 2 is 0.643 bits per heavy atom. The Hall–Kier alpha value is -7.56. The summed E-state index contributed by atoms with van der Waals surface area (Å²) in [6.45, 7) is 0. The standard InChI is InChI=1S/C52H34N4/c1-2-14-35(15-3-1)36-28-30-37(31-29-36)46-34-47(38-16-12-18-40(32-38)55-48-24-8-4-20-42(48)43-21-5-9-25-49(43)55)54-52(53-46)39-17-13-19-41(33-39)56-50-26-10-6-22-44(50)45-23-7-11-27-51(45)56/h1-34H. The summed E-state index contributed by atoms with van der Waals surface area (Å²) in [5, 5.41) is 4.94. The predicted octanol–water partition coefficient (Wildman–Crippen LogP) is 13.3. The Balaban J connectivity index is 1.09. The molecule has 0 bridgehead atoms. The van der Waals surface area contributed by atoms with Gasteiger partial charge in [0.05, 0.1) is 33.5 Å². The first-order chi connectivity index (χ1) is 27.8. The van der Waals surface area contributed by atoms with Crippen LogP contribution in [0, 0.1) is 0 Å². The van der Waals surface area contributed by atoms with Crippen LogP contribution in [0.3, 0.4) is 0 Å². The van der Waals surface area contributed by atoms with Crippen molar-refractivity contribution in [2.75, 3.05) is 0 Å². The third kappa shape index (κ3) is 5.31. The highest BCUT2D eigenvalue weighted by atomic mass is 15.0. The van der Waals surface area contributed by atoms with Gasteiger partial charge < -0.3 is 9.13 Å². The molecule has 0 amide bonds. The highest BCUT2D eigenvalue weighted by molar-refractivity contribution is 6.10. The van der Waals surface area contributed by atoms with E-state index in [4.69, 9.17) is 9.97 Å². The molecule has 0 fully saturated rings. The fourth-order valence-electron chi connectivity index (χ4n) is 8.33. The van der Waals surface area contributed by atoms with Crippen molar-refractivity contribution in [3.05, 3.63) is 206 Å². The van der Waals surface area contributed by atoms with E-state index in [1.54, 1.807) is 0 Å². The minimum atomic E-state index is 0.675. The molecule has 0 aliphatic carbocycles. The molecule has 8 aromatic carbocycles. The first-order valence-electron chi connectivity index (χ1n) is 19.0. The van der Waals surface area contributed by atoms with Crippen LogP contribution >= 0.6 is 0 Å². The first-order valence-corrected chi connectivity index (χ1v) is 19.0. The molecule has 0 radical (unpaired) electrons. The van der Waals surface area contributed by atoms with Crippen LogP contribution in [0.15, 0.2) is 206 Å². The van der Waals surface area contributed by atoms with Crippen LogP contribution in [0.25, 0.3) is 100 Å². The zero-order chi connectivity index (χ0) is 37.0. The molecular weight excluding hydrogens is 681 g/mol. The number of aromatic nitrogens is 4. The van der Waals surface area contributed by atoms with Crippen molar-refractivity contribution in [2.45, 2.75) is 0 Å². The molecule has 3 heterocycles. The van der Waals surface area contributed by atoms with E-state index in [0.717, 1.165) is 39.5 Å². The van der Waals surface area contributed by atoms with Crippen molar-refractivity contribution < 1.29 is 0 Å². The Morgan fingerprint density at radius 1 is 0.268 bits per heavy atom. The molecule has 4 nitrogen and oxygen atoms in total. The summed E-state index contributed by atoms with van der Waals surface area (Å²) < 4.78 is 4.70. The van der Waals surface area contributed by atoms with Crippen molar-refractivity contribution in [1.29, 1.82) is 0 Å². The van der Waals surface area contributed by atoms with E-state index >= 15 is 0 Å². The van der Waals surface area contributed by atoms with E-state index < -0.39 is 0 Å². The maximum absolute atomic E-state index is 5.33. The summed E-state index contributed by atoms with van der Waals surface area (Å²) in [5.41, 5.74) is 13.9. The van der Waals surface area contributed by atoms with Gasteiger partial charge in [-0.05, 0) is 65.7 Å². The van der Waals surface area contributed by atoms with Crippen molar-refractivity contribution in [2.24, 2.45) is 0 Å². The number of para-hydroxylation sites is 4. The third-order valence-electron chi connectivity index (χ3n) is 10.9. The second kappa shape index (κ2) is 13.1. The average Bonchev–Trinajstić information content (AvgIpc) is 3.80. The summed E-state index contributed by atoms with van der Waals surface area (Å²) in [7, 11) is 0. The van der Waals surface area contributed by atoms with Crippen LogP contribution in [0.5, 0.6) is 0 Å². The van der Waals surface area contributed by atoms with Gasteiger partial charge in [-0.2, -0.15) is 0 Å². The van der Waals surface area contributed by atoms with Crippen LogP contribution in [-0.2, 0) is 0 Å². The summed E-state index contributed by atoms with van der Waals surface area (Å²) >= 11 is 0. The van der Waals surface area contributed by atoms with E-state index in [0.29, 0.717) is 5.82 Å². The van der Waals surface area contributed by atoms with Crippen molar-refractivity contribution in [1.82, 2.24) is 19.1 Å². The Bertz CT molecular complexity index is 2960. The molecule has 4 heteroatoms. The molecule has 0 atom stereocenters. The molecule has 0 aliphatic rings. The zero-order valence-electron chi connectivity index (χ0n) is 30.4. The summed E-state index contributed by atoms with van der Waals surface area (Å²) in [5.74, 6) is 0.675. The van der Waals surface area contributed by atoms with Crippen molar-refractivity contribution >= 4 is 43.6 Å².